The van der Waals surface area contributed by atoms with E-state index in [-0.39, 0.29) is 23.6 Å². The second-order valence-corrected chi connectivity index (χ2v) is 9.15. The Morgan fingerprint density at radius 2 is 2.15 bits per heavy atom. The van der Waals surface area contributed by atoms with Gasteiger partial charge in [0.15, 0.2) is 5.69 Å². The van der Waals surface area contributed by atoms with Crippen molar-refractivity contribution >= 4 is 35.0 Å². The summed E-state index contributed by atoms with van der Waals surface area (Å²) in [6.07, 6.45) is 2.78. The number of ether oxygens (including phenoxy) is 1. The summed E-state index contributed by atoms with van der Waals surface area (Å²) >= 11 is 12.3. The predicted molar refractivity (Wildman–Crippen MR) is 123 cm³/mol. The number of amides is 2. The van der Waals surface area contributed by atoms with Crippen molar-refractivity contribution in [1.29, 1.82) is 0 Å². The van der Waals surface area contributed by atoms with Crippen LogP contribution in [0.4, 0.5) is 0 Å². The number of carbonyl (C=O) groups excluding carboxylic acids is 2. The molecule has 2 N–H and O–H groups in total. The monoisotopic (exact) mass is 485 g/mol. The van der Waals surface area contributed by atoms with Crippen LogP contribution >= 0.6 is 23.2 Å². The van der Waals surface area contributed by atoms with Crippen LogP contribution < -0.4 is 10.1 Å². The minimum atomic E-state index is -0.519. The van der Waals surface area contributed by atoms with E-state index < -0.39 is 5.41 Å². The van der Waals surface area contributed by atoms with Crippen LogP contribution in [0.25, 0.3) is 11.3 Å². The van der Waals surface area contributed by atoms with E-state index in [0.29, 0.717) is 53.1 Å². The molecule has 0 spiro atoms. The molecule has 1 aliphatic heterocycles. The van der Waals surface area contributed by atoms with Crippen molar-refractivity contribution in [3.8, 4) is 17.1 Å². The van der Waals surface area contributed by atoms with E-state index in [2.05, 4.69) is 20.5 Å². The van der Waals surface area contributed by atoms with Gasteiger partial charge >= 0.3 is 0 Å². The highest BCUT2D eigenvalue weighted by Crippen LogP contribution is 2.57. The Kier molecular flexibility index (Phi) is 5.50. The van der Waals surface area contributed by atoms with Crippen molar-refractivity contribution in [2.45, 2.75) is 25.4 Å². The molecule has 33 heavy (non-hydrogen) atoms. The Morgan fingerprint density at radius 1 is 1.30 bits per heavy atom. The lowest BCUT2D eigenvalue weighted by Crippen LogP contribution is -2.34. The third kappa shape index (κ3) is 3.94. The lowest BCUT2D eigenvalue weighted by Gasteiger charge is -2.15. The number of benzene rings is 1. The molecule has 1 aromatic carbocycles. The van der Waals surface area contributed by atoms with Crippen LogP contribution in [0.1, 0.15) is 28.9 Å². The summed E-state index contributed by atoms with van der Waals surface area (Å²) in [6.45, 7) is 0.917. The molecule has 1 saturated carbocycles. The maximum Gasteiger partial charge on any atom is 0.274 e. The number of halogens is 2. The number of piperidine rings is 1. The highest BCUT2D eigenvalue weighted by atomic mass is 35.5. The number of nitrogens with zero attached hydrogens (tertiary/aromatic N) is 3. The van der Waals surface area contributed by atoms with Crippen molar-refractivity contribution in [3.63, 3.8) is 0 Å². The van der Waals surface area contributed by atoms with Crippen LogP contribution in [-0.4, -0.2) is 51.6 Å². The van der Waals surface area contributed by atoms with E-state index in [4.69, 9.17) is 27.9 Å². The van der Waals surface area contributed by atoms with E-state index in [9.17, 15) is 9.59 Å². The van der Waals surface area contributed by atoms with Gasteiger partial charge in [0.1, 0.15) is 0 Å². The van der Waals surface area contributed by atoms with Crippen molar-refractivity contribution in [2.75, 3.05) is 13.7 Å². The highest BCUT2D eigenvalue weighted by molar-refractivity contribution is 6.33. The Balaban J connectivity index is 1.26. The van der Waals surface area contributed by atoms with Gasteiger partial charge in [0.2, 0.25) is 11.8 Å². The summed E-state index contributed by atoms with van der Waals surface area (Å²) in [5, 5.41) is 11.1. The predicted octanol–water partition coefficient (Wildman–Crippen LogP) is 3.71. The lowest BCUT2D eigenvalue weighted by atomic mass is 10.0. The first-order chi connectivity index (χ1) is 15.9. The second kappa shape index (κ2) is 8.35. The number of fused-ring (bicyclic) bond motifs is 1. The molecule has 2 aliphatic rings. The van der Waals surface area contributed by atoms with E-state index >= 15 is 0 Å². The Bertz CT molecular complexity index is 1250. The van der Waals surface area contributed by atoms with E-state index in [1.54, 1.807) is 23.1 Å². The summed E-state index contributed by atoms with van der Waals surface area (Å²) in [5.41, 5.74) is 1.92. The Hall–Kier alpha value is -3.10. The first-order valence-electron chi connectivity index (χ1n) is 10.5. The average Bonchev–Trinajstić information content (AvgIpc) is 3.17. The van der Waals surface area contributed by atoms with Gasteiger partial charge in [0.25, 0.3) is 5.91 Å². The van der Waals surface area contributed by atoms with Crippen LogP contribution in [0.3, 0.4) is 0 Å². The number of aromatic nitrogens is 3. The van der Waals surface area contributed by atoms with Crippen LogP contribution in [0, 0.1) is 5.41 Å². The number of carbonyl (C=O) groups is 2. The normalized spacial score (nSPS) is 20.9. The molecule has 2 atom stereocenters. The largest absolute Gasteiger partial charge is 0.481 e. The fraction of sp³-hybridized carbons (Fsp3) is 0.304. The number of likely N-dealkylation sites (tertiary alicyclic amines) is 1. The number of pyridine rings is 1. The van der Waals surface area contributed by atoms with Gasteiger partial charge in [-0.3, -0.25) is 14.7 Å². The highest BCUT2D eigenvalue weighted by Gasteiger charge is 2.67. The average molecular weight is 486 g/mol. The van der Waals surface area contributed by atoms with E-state index in [0.717, 1.165) is 5.56 Å². The summed E-state index contributed by atoms with van der Waals surface area (Å²) in [7, 11) is 1.52. The molecule has 3 aromatic rings. The third-order valence-electron chi connectivity index (χ3n) is 6.39. The zero-order valence-electron chi connectivity index (χ0n) is 17.8. The molecule has 5 rings (SSSR count). The molecule has 2 amide bonds. The van der Waals surface area contributed by atoms with Crippen molar-refractivity contribution in [3.05, 3.63) is 63.9 Å². The fourth-order valence-corrected chi connectivity index (χ4v) is 4.92. The second-order valence-electron chi connectivity index (χ2n) is 8.31. The number of methoxy groups -OCH3 is 1. The van der Waals surface area contributed by atoms with Gasteiger partial charge in [-0.15, -0.1) is 0 Å². The van der Waals surface area contributed by atoms with Gasteiger partial charge < -0.3 is 15.0 Å². The fourth-order valence-electron chi connectivity index (χ4n) is 4.50. The quantitative estimate of drug-likeness (QED) is 0.554. The Labute approximate surface area is 200 Å². The minimum Gasteiger partial charge on any atom is -0.481 e. The molecular weight excluding hydrogens is 465 g/mol. The molecule has 2 aromatic heterocycles. The van der Waals surface area contributed by atoms with E-state index in [1.165, 1.54) is 13.3 Å². The molecular formula is C23H21Cl2N5O3. The lowest BCUT2D eigenvalue weighted by molar-refractivity contribution is -0.126. The summed E-state index contributed by atoms with van der Waals surface area (Å²) in [5.74, 6) is 0.172. The SMILES string of the molecule is COc1cc(-c2cc(C(=O)N3CC[C@@]4(C(=O)NCc5cccc(Cl)c5)C[C@@H]34)n[nH]2)c(Cl)cn1. The molecule has 2 fully saturated rings. The van der Waals surface area contributed by atoms with Gasteiger partial charge in [-0.1, -0.05) is 35.3 Å². The summed E-state index contributed by atoms with van der Waals surface area (Å²) in [6, 6.07) is 10.6. The number of H-pyrrole nitrogens is 1. The summed E-state index contributed by atoms with van der Waals surface area (Å²) in [4.78, 5) is 31.9. The first-order valence-corrected chi connectivity index (χ1v) is 11.3. The Morgan fingerprint density at radius 3 is 2.91 bits per heavy atom. The molecule has 170 valence electrons. The van der Waals surface area contributed by atoms with Crippen LogP contribution in [0.2, 0.25) is 10.0 Å². The van der Waals surface area contributed by atoms with Crippen molar-refractivity contribution < 1.29 is 14.3 Å². The zero-order valence-corrected chi connectivity index (χ0v) is 19.3. The molecule has 1 saturated heterocycles. The van der Waals surface area contributed by atoms with Crippen molar-refractivity contribution in [2.24, 2.45) is 5.41 Å². The molecule has 0 unspecified atom stereocenters. The van der Waals surface area contributed by atoms with Crippen LogP contribution in [-0.2, 0) is 11.3 Å². The van der Waals surface area contributed by atoms with Gasteiger partial charge in [-0.05, 0) is 36.6 Å². The van der Waals surface area contributed by atoms with Crippen LogP contribution in [0.5, 0.6) is 5.88 Å². The number of rotatable bonds is 6. The van der Waals surface area contributed by atoms with E-state index in [1.807, 2.05) is 18.2 Å². The molecule has 10 heteroatoms. The molecule has 0 radical (unpaired) electrons. The minimum absolute atomic E-state index is 0.0267. The third-order valence-corrected chi connectivity index (χ3v) is 6.93. The number of hydrogen-bond donors (Lipinski definition) is 2. The maximum atomic E-state index is 13.1. The standard InChI is InChI=1S/C23H21Cl2N5O3/c1-33-20-8-15(16(25)12-26-20)17-9-18(29-28-17)21(31)30-6-5-23(10-19(23)30)22(32)27-11-13-3-2-4-14(24)7-13/h2-4,7-9,12,19H,5-6,10-11H2,1H3,(H,27,32)(H,28,29)/t19-,23-/m1/s1. The topological polar surface area (TPSA) is 100 Å². The number of aromatic amines is 1. The van der Waals surface area contributed by atoms with Gasteiger partial charge in [0, 0.05) is 35.8 Å². The van der Waals surface area contributed by atoms with Gasteiger partial charge in [0.05, 0.1) is 29.4 Å². The van der Waals surface area contributed by atoms with Gasteiger partial charge in [-0.25, -0.2) is 4.98 Å². The molecule has 1 aliphatic carbocycles. The van der Waals surface area contributed by atoms with Crippen molar-refractivity contribution in [1.82, 2.24) is 25.4 Å². The maximum absolute atomic E-state index is 13.1. The molecule has 3 heterocycles. The first kappa shape index (κ1) is 21.7. The smallest absolute Gasteiger partial charge is 0.274 e. The van der Waals surface area contributed by atoms with Gasteiger partial charge in [-0.2, -0.15) is 5.10 Å². The molecule has 8 nitrogen and oxygen atoms in total. The number of nitrogens with one attached hydrogen (secondary N) is 2. The zero-order chi connectivity index (χ0) is 23.2. The number of hydrogen-bond acceptors (Lipinski definition) is 5. The summed E-state index contributed by atoms with van der Waals surface area (Å²) < 4.78 is 5.15. The molecule has 0 bridgehead atoms. The van der Waals surface area contributed by atoms with Crippen LogP contribution in [0.15, 0.2) is 42.6 Å².